The second-order valence-corrected chi connectivity index (χ2v) is 6.55. The van der Waals surface area contributed by atoms with Crippen LogP contribution in [0.2, 0.25) is 0 Å². The predicted molar refractivity (Wildman–Crippen MR) is 82.1 cm³/mol. The molecule has 0 saturated carbocycles. The summed E-state index contributed by atoms with van der Waals surface area (Å²) >= 11 is 1.75. The summed E-state index contributed by atoms with van der Waals surface area (Å²) in [5, 5.41) is 9.50. The van der Waals surface area contributed by atoms with Gasteiger partial charge in [-0.3, -0.25) is 5.10 Å². The zero-order valence-corrected chi connectivity index (χ0v) is 12.6. The monoisotopic (exact) mass is 291 g/mol. The average Bonchev–Trinajstić information content (AvgIpc) is 3.11. The van der Waals surface area contributed by atoms with Gasteiger partial charge in [0.1, 0.15) is 5.82 Å². The molecule has 0 aliphatic carbocycles. The van der Waals surface area contributed by atoms with E-state index in [-0.39, 0.29) is 0 Å². The van der Waals surface area contributed by atoms with E-state index in [0.717, 1.165) is 44.1 Å². The minimum atomic E-state index is 0.290. The van der Waals surface area contributed by atoms with Gasteiger partial charge >= 0.3 is 0 Å². The van der Waals surface area contributed by atoms with Crippen molar-refractivity contribution in [1.29, 1.82) is 0 Å². The quantitative estimate of drug-likeness (QED) is 0.904. The standard InChI is InChI=1S/C14H21N5S/c1-10(15)11-4-6-19(7-5-11)14-16-13(17-18-14)9-12-3-2-8-20-12/h2-3,8,10-11H,4-7,9,15H2,1H3,(H,16,17,18). The van der Waals surface area contributed by atoms with Crippen molar-refractivity contribution in [2.75, 3.05) is 18.0 Å². The number of anilines is 1. The van der Waals surface area contributed by atoms with Crippen LogP contribution in [-0.2, 0) is 6.42 Å². The van der Waals surface area contributed by atoms with Gasteiger partial charge in [-0.1, -0.05) is 6.07 Å². The van der Waals surface area contributed by atoms with Gasteiger partial charge in [-0.15, -0.1) is 16.4 Å². The van der Waals surface area contributed by atoms with E-state index in [1.165, 1.54) is 4.88 Å². The molecule has 0 radical (unpaired) electrons. The number of aromatic nitrogens is 3. The lowest BCUT2D eigenvalue weighted by Crippen LogP contribution is -2.40. The molecular weight excluding hydrogens is 270 g/mol. The molecule has 2 aromatic heterocycles. The number of H-pyrrole nitrogens is 1. The Bertz CT molecular complexity index is 526. The summed E-state index contributed by atoms with van der Waals surface area (Å²) in [5.41, 5.74) is 5.98. The van der Waals surface area contributed by atoms with Gasteiger partial charge in [-0.25, -0.2) is 0 Å². The van der Waals surface area contributed by atoms with Crippen molar-refractivity contribution < 1.29 is 0 Å². The molecule has 1 aliphatic rings. The molecule has 1 aliphatic heterocycles. The Hall–Kier alpha value is -1.40. The van der Waals surface area contributed by atoms with Crippen LogP contribution in [0.15, 0.2) is 17.5 Å². The number of hydrogen-bond acceptors (Lipinski definition) is 5. The van der Waals surface area contributed by atoms with E-state index in [4.69, 9.17) is 5.73 Å². The molecule has 6 heteroatoms. The van der Waals surface area contributed by atoms with E-state index in [1.807, 2.05) is 0 Å². The van der Waals surface area contributed by atoms with Crippen molar-refractivity contribution in [1.82, 2.24) is 15.2 Å². The molecule has 1 saturated heterocycles. The molecule has 2 aromatic rings. The van der Waals surface area contributed by atoms with Crippen LogP contribution < -0.4 is 10.6 Å². The molecule has 108 valence electrons. The zero-order valence-electron chi connectivity index (χ0n) is 11.7. The molecular formula is C14H21N5S. The van der Waals surface area contributed by atoms with Crippen molar-refractivity contribution in [2.24, 2.45) is 11.7 Å². The Morgan fingerprint density at radius 1 is 1.50 bits per heavy atom. The maximum atomic E-state index is 5.98. The summed E-state index contributed by atoms with van der Waals surface area (Å²) in [5.74, 6) is 2.41. The molecule has 0 aromatic carbocycles. The topological polar surface area (TPSA) is 70.8 Å². The lowest BCUT2D eigenvalue weighted by atomic mass is 9.91. The SMILES string of the molecule is CC(N)C1CCN(c2n[nH]c(Cc3cccs3)n2)CC1. The van der Waals surface area contributed by atoms with Gasteiger partial charge in [0, 0.05) is 30.4 Å². The summed E-state index contributed by atoms with van der Waals surface area (Å²) < 4.78 is 0. The average molecular weight is 291 g/mol. The van der Waals surface area contributed by atoms with Crippen molar-refractivity contribution in [3.05, 3.63) is 28.2 Å². The molecule has 1 atom stereocenters. The molecule has 3 heterocycles. The predicted octanol–water partition coefficient (Wildman–Crippen LogP) is 2.02. The van der Waals surface area contributed by atoms with Crippen LogP contribution in [0.5, 0.6) is 0 Å². The molecule has 3 rings (SSSR count). The van der Waals surface area contributed by atoms with E-state index in [0.29, 0.717) is 12.0 Å². The van der Waals surface area contributed by atoms with Crippen molar-refractivity contribution in [3.63, 3.8) is 0 Å². The molecule has 0 amide bonds. The molecule has 1 unspecified atom stereocenters. The first-order valence-electron chi connectivity index (χ1n) is 7.16. The summed E-state index contributed by atoms with van der Waals surface area (Å²) in [6.45, 7) is 4.11. The first-order chi connectivity index (χ1) is 9.72. The van der Waals surface area contributed by atoms with Crippen LogP contribution in [0.4, 0.5) is 5.95 Å². The number of thiophene rings is 1. The lowest BCUT2D eigenvalue weighted by molar-refractivity contribution is 0.352. The van der Waals surface area contributed by atoms with Gasteiger partial charge in [0.25, 0.3) is 0 Å². The Morgan fingerprint density at radius 3 is 2.95 bits per heavy atom. The van der Waals surface area contributed by atoms with E-state index >= 15 is 0 Å². The summed E-state index contributed by atoms with van der Waals surface area (Å²) in [6, 6.07) is 4.48. The van der Waals surface area contributed by atoms with Crippen molar-refractivity contribution in [3.8, 4) is 0 Å². The van der Waals surface area contributed by atoms with Gasteiger partial charge < -0.3 is 10.6 Å². The van der Waals surface area contributed by atoms with Crippen LogP contribution in [0.1, 0.15) is 30.5 Å². The van der Waals surface area contributed by atoms with Crippen molar-refractivity contribution in [2.45, 2.75) is 32.2 Å². The number of nitrogens with two attached hydrogens (primary N) is 1. The normalized spacial score (nSPS) is 18.4. The first-order valence-corrected chi connectivity index (χ1v) is 8.04. The van der Waals surface area contributed by atoms with E-state index in [1.54, 1.807) is 11.3 Å². The smallest absolute Gasteiger partial charge is 0.244 e. The minimum Gasteiger partial charge on any atom is -0.340 e. The van der Waals surface area contributed by atoms with E-state index in [9.17, 15) is 0 Å². The third-order valence-electron chi connectivity index (χ3n) is 4.01. The van der Waals surface area contributed by atoms with Crippen LogP contribution in [0.3, 0.4) is 0 Å². The number of piperidine rings is 1. The summed E-state index contributed by atoms with van der Waals surface area (Å²) in [7, 11) is 0. The Morgan fingerprint density at radius 2 is 2.30 bits per heavy atom. The number of nitrogens with one attached hydrogen (secondary N) is 1. The summed E-state index contributed by atoms with van der Waals surface area (Å²) in [6.07, 6.45) is 3.10. The van der Waals surface area contributed by atoms with E-state index < -0.39 is 0 Å². The fourth-order valence-electron chi connectivity index (χ4n) is 2.71. The highest BCUT2D eigenvalue weighted by Gasteiger charge is 2.23. The highest BCUT2D eigenvalue weighted by atomic mass is 32.1. The van der Waals surface area contributed by atoms with Crippen LogP contribution in [0, 0.1) is 5.92 Å². The van der Waals surface area contributed by atoms with Crippen LogP contribution >= 0.6 is 11.3 Å². The molecule has 0 bridgehead atoms. The van der Waals surface area contributed by atoms with Gasteiger partial charge in [0.05, 0.1) is 0 Å². The fourth-order valence-corrected chi connectivity index (χ4v) is 3.42. The molecule has 1 fully saturated rings. The number of aromatic amines is 1. The lowest BCUT2D eigenvalue weighted by Gasteiger charge is -2.32. The third-order valence-corrected chi connectivity index (χ3v) is 4.88. The molecule has 3 N–H and O–H groups in total. The maximum Gasteiger partial charge on any atom is 0.244 e. The molecule has 0 spiro atoms. The Balaban J connectivity index is 1.60. The number of rotatable bonds is 4. The Kier molecular flexibility index (Phi) is 4.03. The maximum absolute atomic E-state index is 5.98. The minimum absolute atomic E-state index is 0.290. The molecule has 20 heavy (non-hydrogen) atoms. The first kappa shape index (κ1) is 13.6. The Labute approximate surface area is 123 Å². The second-order valence-electron chi connectivity index (χ2n) is 5.52. The largest absolute Gasteiger partial charge is 0.340 e. The summed E-state index contributed by atoms with van der Waals surface area (Å²) in [4.78, 5) is 8.18. The van der Waals surface area contributed by atoms with E-state index in [2.05, 4.69) is 44.5 Å². The molecule has 5 nitrogen and oxygen atoms in total. The van der Waals surface area contributed by atoms with Gasteiger partial charge in [0.2, 0.25) is 5.95 Å². The fraction of sp³-hybridized carbons (Fsp3) is 0.571. The number of nitrogens with zero attached hydrogens (tertiary/aromatic N) is 3. The van der Waals surface area contributed by atoms with Crippen molar-refractivity contribution >= 4 is 17.3 Å². The highest BCUT2D eigenvalue weighted by Crippen LogP contribution is 2.22. The van der Waals surface area contributed by atoms with Crippen LogP contribution in [-0.4, -0.2) is 34.3 Å². The zero-order chi connectivity index (χ0) is 13.9. The third kappa shape index (κ3) is 3.02. The highest BCUT2D eigenvalue weighted by molar-refractivity contribution is 7.09. The number of hydrogen-bond donors (Lipinski definition) is 2. The van der Waals surface area contributed by atoms with Gasteiger partial charge in [-0.05, 0) is 37.1 Å². The van der Waals surface area contributed by atoms with Gasteiger partial charge in [-0.2, -0.15) is 4.98 Å². The second kappa shape index (κ2) is 5.93. The van der Waals surface area contributed by atoms with Gasteiger partial charge in [0.15, 0.2) is 0 Å². The van der Waals surface area contributed by atoms with Crippen LogP contribution in [0.25, 0.3) is 0 Å².